The van der Waals surface area contributed by atoms with Crippen molar-refractivity contribution in [2.45, 2.75) is 32.7 Å². The van der Waals surface area contributed by atoms with Crippen LogP contribution in [0.2, 0.25) is 0 Å². The average molecular weight is 356 g/mol. The van der Waals surface area contributed by atoms with Crippen LogP contribution < -0.4 is 0 Å². The van der Waals surface area contributed by atoms with Crippen molar-refractivity contribution in [1.82, 2.24) is 0 Å². The fourth-order valence-electron chi connectivity index (χ4n) is 2.83. The summed E-state index contributed by atoms with van der Waals surface area (Å²) in [6, 6.07) is 1.44. The molecule has 0 radical (unpaired) electrons. The first-order valence-electron chi connectivity index (χ1n) is 8.47. The lowest BCUT2D eigenvalue weighted by molar-refractivity contribution is -0.146. The molecule has 0 aromatic heterocycles. The highest BCUT2D eigenvalue weighted by Gasteiger charge is 2.31. The molecule has 2 unspecified atom stereocenters. The first-order chi connectivity index (χ1) is 12.5. The SMILES string of the molecule is CCOC(=O)C(=CC(=O)C1CCC2C(C#N)=CC=CC2=N1)C(=O)OCC. The Kier molecular flexibility index (Phi) is 6.61. The van der Waals surface area contributed by atoms with Gasteiger partial charge in [-0.25, -0.2) is 9.59 Å². The highest BCUT2D eigenvalue weighted by molar-refractivity contribution is 6.18. The Morgan fingerprint density at radius 3 is 2.46 bits per heavy atom. The number of ether oxygens (including phenoxy) is 2. The molecule has 0 spiro atoms. The van der Waals surface area contributed by atoms with Crippen molar-refractivity contribution in [2.24, 2.45) is 10.9 Å². The number of carbonyl (C=O) groups excluding carboxylic acids is 3. The van der Waals surface area contributed by atoms with Gasteiger partial charge in [0.1, 0.15) is 11.6 Å². The normalized spacial score (nSPS) is 20.7. The number of rotatable bonds is 6. The molecular formula is C19H20N2O5. The number of esters is 2. The van der Waals surface area contributed by atoms with Gasteiger partial charge < -0.3 is 9.47 Å². The van der Waals surface area contributed by atoms with E-state index in [1.54, 1.807) is 32.1 Å². The fourth-order valence-corrected chi connectivity index (χ4v) is 2.83. The molecule has 0 bridgehead atoms. The van der Waals surface area contributed by atoms with E-state index in [1.807, 2.05) is 0 Å². The number of ketones is 1. The van der Waals surface area contributed by atoms with E-state index in [1.165, 1.54) is 0 Å². The maximum absolute atomic E-state index is 12.5. The van der Waals surface area contributed by atoms with Crippen LogP contribution in [-0.2, 0) is 23.9 Å². The van der Waals surface area contributed by atoms with Crippen molar-refractivity contribution in [3.05, 3.63) is 35.5 Å². The van der Waals surface area contributed by atoms with Crippen molar-refractivity contribution >= 4 is 23.4 Å². The Labute approximate surface area is 151 Å². The van der Waals surface area contributed by atoms with Gasteiger partial charge in [-0.05, 0) is 38.8 Å². The molecule has 0 aromatic carbocycles. The van der Waals surface area contributed by atoms with Crippen LogP contribution in [0.3, 0.4) is 0 Å². The Hall–Kier alpha value is -3.01. The highest BCUT2D eigenvalue weighted by atomic mass is 16.6. The topological polar surface area (TPSA) is 106 Å². The van der Waals surface area contributed by atoms with E-state index >= 15 is 0 Å². The largest absolute Gasteiger partial charge is 0.462 e. The molecule has 2 rings (SSSR count). The van der Waals surface area contributed by atoms with E-state index in [9.17, 15) is 14.4 Å². The second kappa shape index (κ2) is 8.90. The summed E-state index contributed by atoms with van der Waals surface area (Å²) in [7, 11) is 0. The standard InChI is InChI=1S/C19H20N2O5/c1-3-25-18(23)14(19(24)26-4-2)10-17(22)16-9-8-13-12(11-20)6-5-7-15(13)21-16/h5-7,10,13,16H,3-4,8-9H2,1-2H3. The third-order valence-corrected chi connectivity index (χ3v) is 4.04. The molecular weight excluding hydrogens is 336 g/mol. The number of hydrogen-bond acceptors (Lipinski definition) is 7. The van der Waals surface area contributed by atoms with Crippen LogP contribution >= 0.6 is 0 Å². The fraction of sp³-hybridized carbons (Fsp3) is 0.421. The van der Waals surface area contributed by atoms with E-state index in [0.29, 0.717) is 24.1 Å². The maximum Gasteiger partial charge on any atom is 0.345 e. The summed E-state index contributed by atoms with van der Waals surface area (Å²) < 4.78 is 9.65. The van der Waals surface area contributed by atoms with Gasteiger partial charge in [0.25, 0.3) is 0 Å². The molecule has 7 heteroatoms. The van der Waals surface area contributed by atoms with E-state index in [4.69, 9.17) is 14.7 Å². The molecule has 1 aliphatic heterocycles. The van der Waals surface area contributed by atoms with E-state index in [0.717, 1.165) is 6.08 Å². The Morgan fingerprint density at radius 2 is 1.88 bits per heavy atom. The minimum Gasteiger partial charge on any atom is -0.462 e. The smallest absolute Gasteiger partial charge is 0.345 e. The summed E-state index contributed by atoms with van der Waals surface area (Å²) in [5, 5.41) is 9.16. The predicted molar refractivity (Wildman–Crippen MR) is 93.1 cm³/mol. The van der Waals surface area contributed by atoms with Crippen LogP contribution in [0.4, 0.5) is 0 Å². The number of carbonyl (C=O) groups is 3. The number of hydrogen-bond donors (Lipinski definition) is 0. The van der Waals surface area contributed by atoms with E-state index in [2.05, 4.69) is 11.1 Å². The molecule has 0 amide bonds. The monoisotopic (exact) mass is 356 g/mol. The molecule has 0 N–H and O–H groups in total. The lowest BCUT2D eigenvalue weighted by Gasteiger charge is -2.26. The van der Waals surface area contributed by atoms with Crippen LogP contribution in [0.5, 0.6) is 0 Å². The predicted octanol–water partition coefficient (Wildman–Crippen LogP) is 1.85. The molecule has 0 saturated carbocycles. The third kappa shape index (κ3) is 4.33. The summed E-state index contributed by atoms with van der Waals surface area (Å²) >= 11 is 0. The zero-order valence-electron chi connectivity index (χ0n) is 14.7. The molecule has 0 saturated heterocycles. The summed E-state index contributed by atoms with van der Waals surface area (Å²) in [5.41, 5.74) is 0.847. The van der Waals surface area contributed by atoms with E-state index < -0.39 is 29.3 Å². The molecule has 136 valence electrons. The second-order valence-electron chi connectivity index (χ2n) is 5.69. The molecule has 2 aliphatic rings. The summed E-state index contributed by atoms with van der Waals surface area (Å²) in [6.07, 6.45) is 7.21. The van der Waals surface area contributed by atoms with Crippen LogP contribution in [0, 0.1) is 17.2 Å². The minimum atomic E-state index is -0.895. The molecule has 1 aliphatic carbocycles. The van der Waals surface area contributed by atoms with Gasteiger partial charge in [0.15, 0.2) is 5.78 Å². The zero-order chi connectivity index (χ0) is 19.1. The van der Waals surface area contributed by atoms with Crippen LogP contribution in [-0.4, -0.2) is 42.7 Å². The van der Waals surface area contributed by atoms with Crippen LogP contribution in [0.25, 0.3) is 0 Å². The van der Waals surface area contributed by atoms with E-state index in [-0.39, 0.29) is 19.1 Å². The van der Waals surface area contributed by atoms with Gasteiger partial charge in [0.05, 0.1) is 19.3 Å². The van der Waals surface area contributed by atoms with Crippen LogP contribution in [0.1, 0.15) is 26.7 Å². The highest BCUT2D eigenvalue weighted by Crippen LogP contribution is 2.29. The van der Waals surface area contributed by atoms with Crippen molar-refractivity contribution in [3.63, 3.8) is 0 Å². The summed E-state index contributed by atoms with van der Waals surface area (Å²) in [4.78, 5) is 40.9. The third-order valence-electron chi connectivity index (χ3n) is 4.04. The first-order valence-corrected chi connectivity index (χ1v) is 8.47. The maximum atomic E-state index is 12.5. The molecule has 0 aromatic rings. The summed E-state index contributed by atoms with van der Waals surface area (Å²) in [6.45, 7) is 3.35. The Morgan fingerprint density at radius 1 is 1.23 bits per heavy atom. The number of aliphatic imine (C=N–C) groups is 1. The lowest BCUT2D eigenvalue weighted by atomic mass is 9.82. The molecule has 1 heterocycles. The number of nitriles is 1. The molecule has 2 atom stereocenters. The van der Waals surface area contributed by atoms with Crippen molar-refractivity contribution in [1.29, 1.82) is 5.26 Å². The van der Waals surface area contributed by atoms with Gasteiger partial charge in [-0.3, -0.25) is 9.79 Å². The van der Waals surface area contributed by atoms with Gasteiger partial charge >= 0.3 is 11.9 Å². The quantitative estimate of drug-likeness (QED) is 0.311. The first kappa shape index (κ1) is 19.3. The Bertz CT molecular complexity index is 747. The summed E-state index contributed by atoms with van der Waals surface area (Å²) in [5.74, 6) is -2.36. The number of allylic oxidation sites excluding steroid dienone is 4. The van der Waals surface area contributed by atoms with Gasteiger partial charge in [-0.15, -0.1) is 0 Å². The van der Waals surface area contributed by atoms with Crippen molar-refractivity contribution in [2.75, 3.05) is 13.2 Å². The number of fused-ring (bicyclic) bond motifs is 1. The number of nitrogens with zero attached hydrogens (tertiary/aromatic N) is 2. The van der Waals surface area contributed by atoms with Crippen molar-refractivity contribution < 1.29 is 23.9 Å². The van der Waals surface area contributed by atoms with Gasteiger partial charge in [-0.1, -0.05) is 6.08 Å². The molecule has 26 heavy (non-hydrogen) atoms. The molecule has 7 nitrogen and oxygen atoms in total. The second-order valence-corrected chi connectivity index (χ2v) is 5.69. The van der Waals surface area contributed by atoms with Gasteiger partial charge in [0, 0.05) is 23.3 Å². The average Bonchev–Trinajstić information content (AvgIpc) is 2.65. The zero-order valence-corrected chi connectivity index (χ0v) is 14.7. The Balaban J connectivity index is 2.24. The van der Waals surface area contributed by atoms with Gasteiger partial charge in [-0.2, -0.15) is 5.26 Å². The van der Waals surface area contributed by atoms with Gasteiger partial charge in [0.2, 0.25) is 0 Å². The lowest BCUT2D eigenvalue weighted by Crippen LogP contribution is -2.31. The molecule has 0 fully saturated rings. The minimum absolute atomic E-state index is 0.0746. The van der Waals surface area contributed by atoms with Crippen LogP contribution in [0.15, 0.2) is 40.4 Å². The van der Waals surface area contributed by atoms with Crippen molar-refractivity contribution in [3.8, 4) is 6.07 Å².